The highest BCUT2D eigenvalue weighted by molar-refractivity contribution is 6.11. The number of rotatable bonds is 7. The van der Waals surface area contributed by atoms with Crippen LogP contribution in [0.3, 0.4) is 0 Å². The van der Waals surface area contributed by atoms with Crippen LogP contribution in [-0.2, 0) is 0 Å². The third-order valence-electron chi connectivity index (χ3n) is 11.2. The molecule has 57 heavy (non-hydrogen) atoms. The Labute approximate surface area is 330 Å². The van der Waals surface area contributed by atoms with Gasteiger partial charge in [0, 0.05) is 49.9 Å². The lowest BCUT2D eigenvalue weighted by Crippen LogP contribution is -2.10. The van der Waals surface area contributed by atoms with Crippen molar-refractivity contribution in [2.75, 3.05) is 4.90 Å². The molecule has 11 rings (SSSR count). The number of anilines is 3. The molecule has 0 N–H and O–H groups in total. The van der Waals surface area contributed by atoms with Crippen molar-refractivity contribution in [1.82, 2.24) is 4.57 Å². The summed E-state index contributed by atoms with van der Waals surface area (Å²) in [6, 6.07) is 78.1. The van der Waals surface area contributed by atoms with Crippen molar-refractivity contribution in [3.63, 3.8) is 0 Å². The van der Waals surface area contributed by atoms with Crippen LogP contribution in [0.2, 0.25) is 0 Å². The summed E-state index contributed by atoms with van der Waals surface area (Å²) in [5.74, 6) is 0. The fourth-order valence-corrected chi connectivity index (χ4v) is 8.50. The van der Waals surface area contributed by atoms with E-state index in [1.54, 1.807) is 0 Å². The summed E-state index contributed by atoms with van der Waals surface area (Å²) >= 11 is 0. The van der Waals surface area contributed by atoms with Gasteiger partial charge in [0.25, 0.3) is 0 Å². The van der Waals surface area contributed by atoms with Crippen molar-refractivity contribution in [3.05, 3.63) is 218 Å². The Morgan fingerprint density at radius 1 is 0.333 bits per heavy atom. The van der Waals surface area contributed by atoms with Crippen LogP contribution in [0.25, 0.3) is 82.8 Å². The number of aromatic nitrogens is 1. The smallest absolute Gasteiger partial charge is 0.143 e. The molecular weight excluding hydrogens is 693 g/mol. The first kappa shape index (κ1) is 32.8. The van der Waals surface area contributed by atoms with E-state index in [9.17, 15) is 0 Å². The zero-order chi connectivity index (χ0) is 37.7. The molecule has 0 aliphatic carbocycles. The Morgan fingerprint density at radius 3 is 1.67 bits per heavy atom. The molecule has 0 spiro atoms. The summed E-state index contributed by atoms with van der Waals surface area (Å²) in [6.07, 6.45) is 0. The fraction of sp³-hybridized carbons (Fsp3) is 0. The molecule has 0 fully saturated rings. The molecular formula is C54H36N2O. The maximum atomic E-state index is 6.63. The lowest BCUT2D eigenvalue weighted by Gasteiger charge is -2.26. The lowest BCUT2D eigenvalue weighted by molar-refractivity contribution is 0.670. The van der Waals surface area contributed by atoms with Crippen molar-refractivity contribution in [3.8, 4) is 39.1 Å². The molecule has 0 amide bonds. The van der Waals surface area contributed by atoms with E-state index in [2.05, 4.69) is 222 Å². The zero-order valence-corrected chi connectivity index (χ0v) is 31.1. The van der Waals surface area contributed by atoms with Gasteiger partial charge >= 0.3 is 0 Å². The second-order valence-electron chi connectivity index (χ2n) is 14.6. The fourth-order valence-electron chi connectivity index (χ4n) is 8.50. The second-order valence-corrected chi connectivity index (χ2v) is 14.6. The van der Waals surface area contributed by atoms with E-state index in [0.29, 0.717) is 0 Å². The first-order chi connectivity index (χ1) is 28.3. The highest BCUT2D eigenvalue weighted by Crippen LogP contribution is 2.43. The number of furan rings is 1. The Balaban J connectivity index is 1.14. The topological polar surface area (TPSA) is 21.3 Å². The highest BCUT2D eigenvalue weighted by Gasteiger charge is 2.19. The first-order valence-electron chi connectivity index (χ1n) is 19.4. The molecule has 9 aromatic carbocycles. The summed E-state index contributed by atoms with van der Waals surface area (Å²) in [6.45, 7) is 0. The van der Waals surface area contributed by atoms with Crippen LogP contribution in [-0.4, -0.2) is 4.57 Å². The van der Waals surface area contributed by atoms with Gasteiger partial charge in [-0.05, 0) is 101 Å². The van der Waals surface area contributed by atoms with Crippen LogP contribution >= 0.6 is 0 Å². The van der Waals surface area contributed by atoms with Crippen molar-refractivity contribution >= 4 is 60.8 Å². The standard InChI is InChI=1S/C54H36N2O/c1-4-15-37(16-5-1)38-27-30-44(31-28-38)56-51-25-12-10-21-47(51)48-32-29-39(36-52(48)56)40-33-41(46-23-14-24-50-49-22-11-13-26-53(49)57-54(46)50)35-45(34-40)55(42-17-6-2-7-18-42)43-19-8-3-9-20-43/h1-36H. The maximum Gasteiger partial charge on any atom is 0.143 e. The third-order valence-corrected chi connectivity index (χ3v) is 11.2. The van der Waals surface area contributed by atoms with E-state index in [1.165, 1.54) is 27.4 Å². The Hall–Kier alpha value is -7.62. The van der Waals surface area contributed by atoms with Crippen molar-refractivity contribution in [1.29, 1.82) is 0 Å². The number of nitrogens with zero attached hydrogens (tertiary/aromatic N) is 2. The molecule has 0 atom stereocenters. The summed E-state index contributed by atoms with van der Waals surface area (Å²) in [4.78, 5) is 2.34. The van der Waals surface area contributed by atoms with Crippen LogP contribution in [0.5, 0.6) is 0 Å². The van der Waals surface area contributed by atoms with E-state index >= 15 is 0 Å². The van der Waals surface area contributed by atoms with Gasteiger partial charge in [-0.2, -0.15) is 0 Å². The van der Waals surface area contributed by atoms with Gasteiger partial charge in [0.2, 0.25) is 0 Å². The number of hydrogen-bond donors (Lipinski definition) is 0. The normalized spacial score (nSPS) is 11.5. The SMILES string of the molecule is c1ccc(-c2ccc(-n3c4ccccc4c4ccc(-c5cc(-c6cccc7c6oc6ccccc67)cc(N(c6ccccc6)c6ccccc6)c5)cc43)cc2)cc1. The number of benzene rings is 9. The molecule has 2 heterocycles. The van der Waals surface area contributed by atoms with Crippen LogP contribution < -0.4 is 4.90 Å². The van der Waals surface area contributed by atoms with Crippen molar-refractivity contribution in [2.24, 2.45) is 0 Å². The van der Waals surface area contributed by atoms with Crippen LogP contribution in [0.1, 0.15) is 0 Å². The van der Waals surface area contributed by atoms with Gasteiger partial charge in [-0.15, -0.1) is 0 Å². The van der Waals surface area contributed by atoms with E-state index in [0.717, 1.165) is 72.5 Å². The number of hydrogen-bond acceptors (Lipinski definition) is 2. The molecule has 3 heteroatoms. The minimum atomic E-state index is 0.890. The molecule has 0 saturated carbocycles. The first-order valence-corrected chi connectivity index (χ1v) is 19.4. The second kappa shape index (κ2) is 13.6. The zero-order valence-electron chi connectivity index (χ0n) is 31.1. The number of para-hydroxylation sites is 5. The quantitative estimate of drug-likeness (QED) is 0.163. The minimum Gasteiger partial charge on any atom is -0.455 e. The predicted octanol–water partition coefficient (Wildman–Crippen LogP) is 15.2. The monoisotopic (exact) mass is 728 g/mol. The van der Waals surface area contributed by atoms with Gasteiger partial charge in [0.05, 0.1) is 11.0 Å². The van der Waals surface area contributed by atoms with Gasteiger partial charge in [0.1, 0.15) is 11.2 Å². The van der Waals surface area contributed by atoms with Crippen molar-refractivity contribution in [2.45, 2.75) is 0 Å². The Morgan fingerprint density at radius 2 is 0.912 bits per heavy atom. The molecule has 0 aliphatic rings. The molecule has 0 bridgehead atoms. The van der Waals surface area contributed by atoms with Gasteiger partial charge in [0.15, 0.2) is 0 Å². The van der Waals surface area contributed by atoms with E-state index in [-0.39, 0.29) is 0 Å². The predicted molar refractivity (Wildman–Crippen MR) is 239 cm³/mol. The molecule has 3 nitrogen and oxygen atoms in total. The van der Waals surface area contributed by atoms with E-state index in [4.69, 9.17) is 4.42 Å². The summed E-state index contributed by atoms with van der Waals surface area (Å²) in [5, 5.41) is 4.69. The maximum absolute atomic E-state index is 6.63. The largest absolute Gasteiger partial charge is 0.455 e. The summed E-state index contributed by atoms with van der Waals surface area (Å²) in [5.41, 5.74) is 15.3. The summed E-state index contributed by atoms with van der Waals surface area (Å²) < 4.78 is 9.03. The Bertz CT molecular complexity index is 3180. The van der Waals surface area contributed by atoms with Gasteiger partial charge < -0.3 is 13.9 Å². The third kappa shape index (κ3) is 5.68. The molecule has 11 aromatic rings. The molecule has 268 valence electrons. The van der Waals surface area contributed by atoms with Crippen LogP contribution in [0.15, 0.2) is 223 Å². The van der Waals surface area contributed by atoms with Gasteiger partial charge in [-0.3, -0.25) is 0 Å². The molecule has 2 aromatic heterocycles. The van der Waals surface area contributed by atoms with Gasteiger partial charge in [-0.1, -0.05) is 146 Å². The Kier molecular flexibility index (Phi) is 7.82. The number of fused-ring (bicyclic) bond motifs is 6. The minimum absolute atomic E-state index is 0.890. The molecule has 0 radical (unpaired) electrons. The van der Waals surface area contributed by atoms with Gasteiger partial charge in [-0.25, -0.2) is 0 Å². The van der Waals surface area contributed by atoms with Crippen molar-refractivity contribution < 1.29 is 4.42 Å². The average Bonchev–Trinajstić information content (AvgIpc) is 3.83. The highest BCUT2D eigenvalue weighted by atomic mass is 16.3. The van der Waals surface area contributed by atoms with E-state index in [1.807, 2.05) is 6.07 Å². The van der Waals surface area contributed by atoms with Crippen LogP contribution in [0.4, 0.5) is 17.1 Å². The summed E-state index contributed by atoms with van der Waals surface area (Å²) in [7, 11) is 0. The lowest BCUT2D eigenvalue weighted by atomic mass is 9.95. The van der Waals surface area contributed by atoms with E-state index < -0.39 is 0 Å². The van der Waals surface area contributed by atoms with Crippen LogP contribution in [0, 0.1) is 0 Å². The molecule has 0 saturated heterocycles. The molecule has 0 unspecified atom stereocenters. The average molecular weight is 729 g/mol. The molecule has 0 aliphatic heterocycles.